The number of ether oxygens (including phenoxy) is 2. The van der Waals surface area contributed by atoms with E-state index in [-0.39, 0.29) is 11.4 Å². The van der Waals surface area contributed by atoms with Crippen molar-refractivity contribution in [2.75, 3.05) is 20.3 Å². The van der Waals surface area contributed by atoms with Gasteiger partial charge in [-0.3, -0.25) is 9.59 Å². The SMILES string of the molecule is COc1ccc([C@H]2CC(c3ccccc3)=NN2C(=O)COC(=O)[C@@H]2CCCN2S(=O)(=O)c2ccc(C)cc2)cc1. The zero-order chi connectivity index (χ0) is 28.3. The highest BCUT2D eigenvalue weighted by Gasteiger charge is 2.41. The standard InChI is InChI=1S/C30H31N3O6S/c1-21-10-16-25(17-11-21)40(36,37)32-18-6-9-27(32)30(35)39-20-29(34)33-28(23-12-14-24(38-2)15-13-23)19-26(31-33)22-7-4-3-5-8-22/h3-5,7-8,10-17,27-28H,6,9,18-20H2,1-2H3/t27-,28+/m0/s1. The van der Waals surface area contributed by atoms with Crippen LogP contribution in [0.4, 0.5) is 0 Å². The summed E-state index contributed by atoms with van der Waals surface area (Å²) in [5, 5.41) is 5.96. The van der Waals surface area contributed by atoms with E-state index in [0.717, 1.165) is 22.4 Å². The van der Waals surface area contributed by atoms with Gasteiger partial charge in [-0.25, -0.2) is 13.4 Å². The van der Waals surface area contributed by atoms with Crippen molar-refractivity contribution in [2.45, 2.75) is 43.2 Å². The first-order chi connectivity index (χ1) is 19.3. The molecule has 0 N–H and O–H groups in total. The predicted molar refractivity (Wildman–Crippen MR) is 149 cm³/mol. The van der Waals surface area contributed by atoms with Crippen molar-refractivity contribution >= 4 is 27.6 Å². The molecule has 40 heavy (non-hydrogen) atoms. The Morgan fingerprint density at radius 1 is 0.975 bits per heavy atom. The van der Waals surface area contributed by atoms with Crippen molar-refractivity contribution in [3.05, 3.63) is 95.6 Å². The first kappa shape index (κ1) is 27.5. The fourth-order valence-electron chi connectivity index (χ4n) is 5.04. The monoisotopic (exact) mass is 561 g/mol. The lowest BCUT2D eigenvalue weighted by atomic mass is 9.98. The summed E-state index contributed by atoms with van der Waals surface area (Å²) in [4.78, 5) is 26.6. The maximum atomic E-state index is 13.4. The number of carbonyl (C=O) groups is 2. The van der Waals surface area contributed by atoms with Gasteiger partial charge in [0.15, 0.2) is 6.61 Å². The second kappa shape index (κ2) is 11.6. The molecule has 0 saturated carbocycles. The summed E-state index contributed by atoms with van der Waals surface area (Å²) >= 11 is 0. The molecule has 0 radical (unpaired) electrons. The summed E-state index contributed by atoms with van der Waals surface area (Å²) in [5.41, 5.74) is 3.44. The van der Waals surface area contributed by atoms with E-state index in [1.165, 1.54) is 21.4 Å². The van der Waals surface area contributed by atoms with E-state index in [1.54, 1.807) is 19.2 Å². The predicted octanol–water partition coefficient (Wildman–Crippen LogP) is 4.08. The number of rotatable bonds is 8. The van der Waals surface area contributed by atoms with Crippen molar-refractivity contribution in [1.29, 1.82) is 0 Å². The smallest absolute Gasteiger partial charge is 0.324 e. The summed E-state index contributed by atoms with van der Waals surface area (Å²) in [5.74, 6) is -0.542. The van der Waals surface area contributed by atoms with E-state index in [0.29, 0.717) is 25.0 Å². The van der Waals surface area contributed by atoms with Crippen LogP contribution in [0.1, 0.15) is 42.0 Å². The van der Waals surface area contributed by atoms with Crippen LogP contribution in [-0.2, 0) is 24.3 Å². The van der Waals surface area contributed by atoms with Gasteiger partial charge in [-0.15, -0.1) is 0 Å². The van der Waals surface area contributed by atoms with E-state index < -0.39 is 40.6 Å². The van der Waals surface area contributed by atoms with Gasteiger partial charge in [0, 0.05) is 13.0 Å². The number of benzene rings is 3. The van der Waals surface area contributed by atoms with E-state index in [4.69, 9.17) is 9.47 Å². The Bertz CT molecular complexity index is 1510. The molecule has 1 amide bonds. The Morgan fingerprint density at radius 3 is 2.35 bits per heavy atom. The van der Waals surface area contributed by atoms with E-state index in [9.17, 15) is 18.0 Å². The van der Waals surface area contributed by atoms with Gasteiger partial charge in [0.1, 0.15) is 11.8 Å². The fraction of sp³-hybridized carbons (Fsp3) is 0.300. The van der Waals surface area contributed by atoms with Crippen LogP contribution in [0.5, 0.6) is 5.75 Å². The molecular formula is C30H31N3O6S. The first-order valence-corrected chi connectivity index (χ1v) is 14.6. The van der Waals surface area contributed by atoms with Crippen LogP contribution in [0, 0.1) is 6.92 Å². The molecule has 0 spiro atoms. The number of hydrazone groups is 1. The molecule has 9 nitrogen and oxygen atoms in total. The summed E-state index contributed by atoms with van der Waals surface area (Å²) < 4.78 is 38.3. The third-order valence-corrected chi connectivity index (χ3v) is 9.14. The average Bonchev–Trinajstić information content (AvgIpc) is 3.66. The number of hydrogen-bond acceptors (Lipinski definition) is 7. The minimum Gasteiger partial charge on any atom is -0.497 e. The summed E-state index contributed by atoms with van der Waals surface area (Å²) in [6, 6.07) is 22.1. The lowest BCUT2D eigenvalue weighted by molar-refractivity contribution is -0.155. The second-order valence-electron chi connectivity index (χ2n) is 9.84. The Balaban J connectivity index is 1.31. The van der Waals surface area contributed by atoms with Gasteiger partial charge in [0.2, 0.25) is 10.0 Å². The zero-order valence-corrected chi connectivity index (χ0v) is 23.2. The van der Waals surface area contributed by atoms with Gasteiger partial charge >= 0.3 is 5.97 Å². The molecule has 3 aromatic carbocycles. The third-order valence-electron chi connectivity index (χ3n) is 7.21. The van der Waals surface area contributed by atoms with Crippen molar-refractivity contribution in [2.24, 2.45) is 5.10 Å². The number of methoxy groups -OCH3 is 1. The van der Waals surface area contributed by atoms with Crippen molar-refractivity contribution in [3.8, 4) is 5.75 Å². The highest BCUT2D eigenvalue weighted by atomic mass is 32.2. The van der Waals surface area contributed by atoms with Gasteiger partial charge in [-0.05, 0) is 55.2 Å². The number of nitrogens with zero attached hydrogens (tertiary/aromatic N) is 3. The molecule has 3 aromatic rings. The van der Waals surface area contributed by atoms with Crippen LogP contribution < -0.4 is 4.74 Å². The largest absolute Gasteiger partial charge is 0.497 e. The Morgan fingerprint density at radius 2 is 1.68 bits per heavy atom. The summed E-state index contributed by atoms with van der Waals surface area (Å²) in [6.45, 7) is 1.53. The first-order valence-electron chi connectivity index (χ1n) is 13.1. The zero-order valence-electron chi connectivity index (χ0n) is 22.4. The molecule has 1 saturated heterocycles. The molecule has 10 heteroatoms. The highest BCUT2D eigenvalue weighted by molar-refractivity contribution is 7.89. The molecule has 208 valence electrons. The Kier molecular flexibility index (Phi) is 7.99. The van der Waals surface area contributed by atoms with Crippen LogP contribution in [-0.4, -0.2) is 61.6 Å². The van der Waals surface area contributed by atoms with Crippen LogP contribution in [0.25, 0.3) is 0 Å². The lowest BCUT2D eigenvalue weighted by Crippen LogP contribution is -2.42. The van der Waals surface area contributed by atoms with E-state index in [2.05, 4.69) is 5.10 Å². The van der Waals surface area contributed by atoms with E-state index >= 15 is 0 Å². The Hall–Kier alpha value is -4.02. The fourth-order valence-corrected chi connectivity index (χ4v) is 6.68. The summed E-state index contributed by atoms with van der Waals surface area (Å²) in [6.07, 6.45) is 1.34. The van der Waals surface area contributed by atoms with Crippen molar-refractivity contribution in [1.82, 2.24) is 9.31 Å². The van der Waals surface area contributed by atoms with E-state index in [1.807, 2.05) is 61.5 Å². The quantitative estimate of drug-likeness (QED) is 0.384. The van der Waals surface area contributed by atoms with Gasteiger partial charge in [-0.1, -0.05) is 60.2 Å². The van der Waals surface area contributed by atoms with Crippen LogP contribution >= 0.6 is 0 Å². The molecule has 0 bridgehead atoms. The van der Waals surface area contributed by atoms with Crippen LogP contribution in [0.2, 0.25) is 0 Å². The maximum absolute atomic E-state index is 13.4. The molecule has 0 aliphatic carbocycles. The lowest BCUT2D eigenvalue weighted by Gasteiger charge is -2.24. The highest BCUT2D eigenvalue weighted by Crippen LogP contribution is 2.34. The van der Waals surface area contributed by atoms with Crippen molar-refractivity contribution in [3.63, 3.8) is 0 Å². The second-order valence-corrected chi connectivity index (χ2v) is 11.7. The number of esters is 1. The normalized spacial score (nSPS) is 19.4. The number of carbonyl (C=O) groups excluding carboxylic acids is 2. The number of hydrogen-bond donors (Lipinski definition) is 0. The molecule has 2 atom stereocenters. The van der Waals surface area contributed by atoms with Gasteiger partial charge in [0.05, 0.1) is 23.8 Å². The number of amides is 1. The average molecular weight is 562 g/mol. The van der Waals surface area contributed by atoms with Gasteiger partial charge in [0.25, 0.3) is 5.91 Å². The minimum absolute atomic E-state index is 0.121. The van der Waals surface area contributed by atoms with Gasteiger partial charge < -0.3 is 9.47 Å². The number of aryl methyl sites for hydroxylation is 1. The van der Waals surface area contributed by atoms with Crippen LogP contribution in [0.15, 0.2) is 88.9 Å². The van der Waals surface area contributed by atoms with Crippen LogP contribution in [0.3, 0.4) is 0 Å². The molecule has 2 heterocycles. The minimum atomic E-state index is -3.89. The molecule has 2 aliphatic rings. The van der Waals surface area contributed by atoms with Crippen molar-refractivity contribution < 1.29 is 27.5 Å². The molecule has 0 unspecified atom stereocenters. The third kappa shape index (κ3) is 5.64. The molecule has 5 rings (SSSR count). The molecule has 0 aromatic heterocycles. The molecule has 2 aliphatic heterocycles. The van der Waals surface area contributed by atoms with Gasteiger partial charge in [-0.2, -0.15) is 9.41 Å². The summed E-state index contributed by atoms with van der Waals surface area (Å²) in [7, 11) is -2.30. The topological polar surface area (TPSA) is 106 Å². The number of sulfonamides is 1. The maximum Gasteiger partial charge on any atom is 0.324 e. The Labute approximate surface area is 234 Å². The molecular weight excluding hydrogens is 530 g/mol. The molecule has 1 fully saturated rings.